The molecule has 9 heavy (non-hydrogen) atoms. The van der Waals surface area contributed by atoms with E-state index in [1.165, 1.54) is 0 Å². The Morgan fingerprint density at radius 1 is 1.33 bits per heavy atom. The average Bonchev–Trinajstić information content (AvgIpc) is 1.89. The molecule has 0 aromatic carbocycles. The summed E-state index contributed by atoms with van der Waals surface area (Å²) in [4.78, 5) is 7.81. The van der Waals surface area contributed by atoms with Crippen LogP contribution in [-0.4, -0.2) is 23.5 Å². The van der Waals surface area contributed by atoms with E-state index < -0.39 is 0 Å². The first-order chi connectivity index (χ1) is 4.41. The van der Waals surface area contributed by atoms with Crippen molar-refractivity contribution in [3.8, 4) is 0 Å². The number of halogens is 1. The molecule has 0 unspecified atom stereocenters. The molecule has 0 N–H and O–H groups in total. The maximum atomic E-state index is 3.91. The number of nitrogens with zero attached hydrogens (tertiary/aromatic N) is 2. The second kappa shape index (κ2) is 8.11. The zero-order valence-corrected chi connectivity index (χ0v) is 7.76. The lowest BCUT2D eigenvalue weighted by Crippen LogP contribution is -1.77. The Kier molecular flexibility index (Phi) is 8.21. The van der Waals surface area contributed by atoms with E-state index in [1.54, 1.807) is 0 Å². The largest absolute Gasteiger partial charge is 0.226 e. The first-order valence-electron chi connectivity index (χ1n) is 3.05. The normalized spacial score (nSPS) is 8.22. The van der Waals surface area contributed by atoms with Crippen LogP contribution in [0.15, 0.2) is 9.98 Å². The molecule has 0 rings (SSSR count). The Balaban J connectivity index is 3.18. The number of hydrogen-bond acceptors (Lipinski definition) is 2. The van der Waals surface area contributed by atoms with Crippen molar-refractivity contribution in [1.29, 1.82) is 0 Å². The molecule has 0 atom stereocenters. The van der Waals surface area contributed by atoms with Crippen LogP contribution in [-0.2, 0) is 0 Å². The fourth-order valence-corrected chi connectivity index (χ4v) is 0.545. The average molecular weight is 238 g/mol. The molecule has 2 nitrogen and oxygen atoms in total. The van der Waals surface area contributed by atoms with E-state index in [1.807, 2.05) is 0 Å². The summed E-state index contributed by atoms with van der Waals surface area (Å²) in [5.41, 5.74) is 0. The lowest BCUT2D eigenvalue weighted by Gasteiger charge is -1.78. The fourth-order valence-electron chi connectivity index (χ4n) is 0.304. The molecule has 0 heterocycles. The standard InChI is InChI=1S/C6H11IN2/c1-2-4-8-6-9-5-3-7/h2-5H2,1H3. The second-order valence-electron chi connectivity index (χ2n) is 1.55. The van der Waals surface area contributed by atoms with E-state index >= 15 is 0 Å². The van der Waals surface area contributed by atoms with Gasteiger partial charge in [0.15, 0.2) is 0 Å². The molecular formula is C6H11IN2. The molecular weight excluding hydrogens is 227 g/mol. The Hall–Kier alpha value is 0.110. The van der Waals surface area contributed by atoms with Crippen molar-refractivity contribution in [2.75, 3.05) is 17.5 Å². The molecule has 52 valence electrons. The maximum Gasteiger partial charge on any atom is 0.0892 e. The van der Waals surface area contributed by atoms with E-state index in [4.69, 9.17) is 0 Å². The van der Waals surface area contributed by atoms with Gasteiger partial charge in [0.05, 0.1) is 12.6 Å². The molecule has 0 aliphatic heterocycles. The highest BCUT2D eigenvalue weighted by atomic mass is 127. The van der Waals surface area contributed by atoms with E-state index in [9.17, 15) is 0 Å². The molecule has 0 aliphatic carbocycles. The van der Waals surface area contributed by atoms with Crippen molar-refractivity contribution >= 4 is 28.6 Å². The quantitative estimate of drug-likeness (QED) is 0.406. The van der Waals surface area contributed by atoms with Crippen LogP contribution in [0.2, 0.25) is 0 Å². The van der Waals surface area contributed by atoms with Crippen LogP contribution in [0, 0.1) is 0 Å². The highest BCUT2D eigenvalue weighted by Gasteiger charge is 1.70. The van der Waals surface area contributed by atoms with Crippen molar-refractivity contribution in [2.45, 2.75) is 13.3 Å². The van der Waals surface area contributed by atoms with Crippen molar-refractivity contribution < 1.29 is 0 Å². The Morgan fingerprint density at radius 3 is 2.56 bits per heavy atom. The summed E-state index contributed by atoms with van der Waals surface area (Å²) < 4.78 is 1.05. The van der Waals surface area contributed by atoms with Gasteiger partial charge in [-0.15, -0.1) is 0 Å². The van der Waals surface area contributed by atoms with Gasteiger partial charge in [-0.25, -0.2) is 9.98 Å². The van der Waals surface area contributed by atoms with E-state index in [0.29, 0.717) is 0 Å². The minimum Gasteiger partial charge on any atom is -0.226 e. The van der Waals surface area contributed by atoms with Crippen molar-refractivity contribution in [3.05, 3.63) is 0 Å². The number of alkyl halides is 1. The molecule has 3 heteroatoms. The Labute approximate surface area is 69.6 Å². The minimum atomic E-state index is 0.841. The van der Waals surface area contributed by atoms with Crippen LogP contribution in [0.3, 0.4) is 0 Å². The second-order valence-corrected chi connectivity index (χ2v) is 2.63. The van der Waals surface area contributed by atoms with Gasteiger partial charge in [0.2, 0.25) is 0 Å². The van der Waals surface area contributed by atoms with Gasteiger partial charge >= 0.3 is 0 Å². The summed E-state index contributed by atoms with van der Waals surface area (Å²) in [6.07, 6.45) is 1.08. The molecule has 0 fully saturated rings. The van der Waals surface area contributed by atoms with E-state index in [-0.39, 0.29) is 0 Å². The summed E-state index contributed by atoms with van der Waals surface area (Å²) in [5, 5.41) is 0. The molecule has 0 aromatic heterocycles. The van der Waals surface area contributed by atoms with Crippen LogP contribution in [0.4, 0.5) is 0 Å². The molecule has 0 aromatic rings. The number of hydrogen-bond donors (Lipinski definition) is 0. The van der Waals surface area contributed by atoms with Crippen LogP contribution >= 0.6 is 22.6 Å². The smallest absolute Gasteiger partial charge is 0.0892 e. The van der Waals surface area contributed by atoms with Crippen LogP contribution < -0.4 is 0 Å². The summed E-state index contributed by atoms with van der Waals surface area (Å²) in [7, 11) is 0. The topological polar surface area (TPSA) is 24.7 Å². The first-order valence-corrected chi connectivity index (χ1v) is 4.58. The highest BCUT2D eigenvalue weighted by Crippen LogP contribution is 1.79. The van der Waals surface area contributed by atoms with Gasteiger partial charge in [-0.1, -0.05) is 29.5 Å². The zero-order chi connectivity index (χ0) is 6.95. The van der Waals surface area contributed by atoms with Crippen molar-refractivity contribution in [2.24, 2.45) is 9.98 Å². The predicted octanol–water partition coefficient (Wildman–Crippen LogP) is 2.01. The van der Waals surface area contributed by atoms with Gasteiger partial charge in [0, 0.05) is 11.0 Å². The molecule has 0 amide bonds. The third kappa shape index (κ3) is 8.11. The van der Waals surface area contributed by atoms with Gasteiger partial charge < -0.3 is 0 Å². The van der Waals surface area contributed by atoms with Crippen LogP contribution in [0.5, 0.6) is 0 Å². The maximum absolute atomic E-state index is 3.91. The Bertz CT molecular complexity index is 95.6. The summed E-state index contributed by atoms with van der Waals surface area (Å²) in [5.74, 6) is 0. The highest BCUT2D eigenvalue weighted by molar-refractivity contribution is 14.1. The van der Waals surface area contributed by atoms with Crippen LogP contribution in [0.25, 0.3) is 0 Å². The third-order valence-corrected chi connectivity index (χ3v) is 1.16. The van der Waals surface area contributed by atoms with Gasteiger partial charge in [-0.3, -0.25) is 0 Å². The number of rotatable bonds is 4. The first kappa shape index (κ1) is 9.11. The molecule has 0 bridgehead atoms. The minimum absolute atomic E-state index is 0.841. The molecule has 0 aliphatic rings. The molecule has 0 spiro atoms. The summed E-state index contributed by atoms with van der Waals surface area (Å²) in [6.45, 7) is 3.78. The van der Waals surface area contributed by atoms with Crippen molar-refractivity contribution in [3.63, 3.8) is 0 Å². The molecule has 0 saturated carbocycles. The lowest BCUT2D eigenvalue weighted by molar-refractivity contribution is 0.935. The summed E-state index contributed by atoms with van der Waals surface area (Å²) in [6, 6.07) is 2.63. The van der Waals surface area contributed by atoms with E-state index in [0.717, 1.165) is 23.9 Å². The van der Waals surface area contributed by atoms with Gasteiger partial charge in [-0.2, -0.15) is 0 Å². The third-order valence-electron chi connectivity index (χ3n) is 0.673. The van der Waals surface area contributed by atoms with Crippen molar-refractivity contribution in [1.82, 2.24) is 0 Å². The van der Waals surface area contributed by atoms with E-state index in [2.05, 4.69) is 45.5 Å². The Morgan fingerprint density at radius 2 is 2.00 bits per heavy atom. The zero-order valence-electron chi connectivity index (χ0n) is 5.60. The van der Waals surface area contributed by atoms with Gasteiger partial charge in [-0.05, 0) is 6.42 Å². The lowest BCUT2D eigenvalue weighted by atomic mass is 10.5. The van der Waals surface area contributed by atoms with Gasteiger partial charge in [0.25, 0.3) is 0 Å². The predicted molar refractivity (Wildman–Crippen MR) is 48.8 cm³/mol. The fraction of sp³-hybridized carbons (Fsp3) is 0.833. The monoisotopic (exact) mass is 238 g/mol. The SMILES string of the molecule is CCCN=C=NCCI. The van der Waals surface area contributed by atoms with Gasteiger partial charge in [0.1, 0.15) is 0 Å². The molecule has 0 radical (unpaired) electrons. The summed E-state index contributed by atoms with van der Waals surface area (Å²) >= 11 is 2.27. The van der Waals surface area contributed by atoms with Crippen LogP contribution in [0.1, 0.15) is 13.3 Å². The number of aliphatic imine (C=N–C) groups is 2. The molecule has 0 saturated heterocycles.